The SMILES string of the molecule is CCNc1nc(OC(C)C)nc(OC2CCC2)n1. The minimum atomic E-state index is 0.0263. The maximum atomic E-state index is 5.68. The highest BCUT2D eigenvalue weighted by Crippen LogP contribution is 2.24. The average Bonchev–Trinajstić information content (AvgIpc) is 2.23. The molecule has 2 rings (SSSR count). The molecule has 0 spiro atoms. The second-order valence-electron chi connectivity index (χ2n) is 4.59. The van der Waals surface area contributed by atoms with Crippen molar-refractivity contribution >= 4 is 5.95 Å². The van der Waals surface area contributed by atoms with Crippen LogP contribution in [0, 0.1) is 0 Å². The third kappa shape index (κ3) is 3.45. The van der Waals surface area contributed by atoms with Crippen LogP contribution in [0.3, 0.4) is 0 Å². The summed E-state index contributed by atoms with van der Waals surface area (Å²) in [5.41, 5.74) is 0. The summed E-state index contributed by atoms with van der Waals surface area (Å²) in [4.78, 5) is 12.6. The Balaban J connectivity index is 2.12. The van der Waals surface area contributed by atoms with Crippen LogP contribution in [0.2, 0.25) is 0 Å². The quantitative estimate of drug-likeness (QED) is 0.835. The van der Waals surface area contributed by atoms with Crippen LogP contribution in [0.4, 0.5) is 5.95 Å². The van der Waals surface area contributed by atoms with Gasteiger partial charge >= 0.3 is 12.0 Å². The molecule has 0 atom stereocenters. The molecule has 0 unspecified atom stereocenters. The monoisotopic (exact) mass is 252 g/mol. The zero-order valence-corrected chi connectivity index (χ0v) is 11.1. The summed E-state index contributed by atoms with van der Waals surface area (Å²) in [7, 11) is 0. The van der Waals surface area contributed by atoms with Gasteiger partial charge in [0.2, 0.25) is 5.95 Å². The first kappa shape index (κ1) is 12.9. The normalized spacial score (nSPS) is 15.3. The lowest BCUT2D eigenvalue weighted by Crippen LogP contribution is -2.26. The highest BCUT2D eigenvalue weighted by Gasteiger charge is 2.21. The van der Waals surface area contributed by atoms with Crippen molar-refractivity contribution in [3.05, 3.63) is 0 Å². The Morgan fingerprint density at radius 3 is 2.50 bits per heavy atom. The summed E-state index contributed by atoms with van der Waals surface area (Å²) in [6, 6.07) is 0.659. The molecule has 100 valence electrons. The van der Waals surface area contributed by atoms with Crippen LogP contribution in [0.25, 0.3) is 0 Å². The van der Waals surface area contributed by atoms with E-state index in [9.17, 15) is 0 Å². The Bertz CT molecular complexity index is 394. The van der Waals surface area contributed by atoms with Gasteiger partial charge in [0, 0.05) is 6.54 Å². The summed E-state index contributed by atoms with van der Waals surface area (Å²) >= 11 is 0. The molecule has 6 nitrogen and oxygen atoms in total. The molecule has 18 heavy (non-hydrogen) atoms. The third-order valence-corrected chi connectivity index (χ3v) is 2.59. The van der Waals surface area contributed by atoms with Crippen molar-refractivity contribution in [1.29, 1.82) is 0 Å². The van der Waals surface area contributed by atoms with Crippen molar-refractivity contribution in [1.82, 2.24) is 15.0 Å². The molecule has 1 aromatic rings. The van der Waals surface area contributed by atoms with Gasteiger partial charge in [-0.3, -0.25) is 0 Å². The molecule has 1 aliphatic carbocycles. The van der Waals surface area contributed by atoms with E-state index in [4.69, 9.17) is 9.47 Å². The largest absolute Gasteiger partial charge is 0.461 e. The molecule has 1 saturated carbocycles. The lowest BCUT2D eigenvalue weighted by atomic mass is 9.96. The predicted octanol–water partition coefficient (Wildman–Crippen LogP) is 2.02. The number of nitrogens with one attached hydrogen (secondary N) is 1. The molecule has 0 radical (unpaired) electrons. The number of hydrogen-bond donors (Lipinski definition) is 1. The Morgan fingerprint density at radius 2 is 1.94 bits per heavy atom. The van der Waals surface area contributed by atoms with Gasteiger partial charge in [-0.2, -0.15) is 9.97 Å². The van der Waals surface area contributed by atoms with Crippen molar-refractivity contribution in [2.24, 2.45) is 0 Å². The van der Waals surface area contributed by atoms with E-state index < -0.39 is 0 Å². The molecular weight excluding hydrogens is 232 g/mol. The first-order valence-electron chi connectivity index (χ1n) is 6.50. The zero-order chi connectivity index (χ0) is 13.0. The summed E-state index contributed by atoms with van der Waals surface area (Å²) in [5, 5.41) is 3.05. The van der Waals surface area contributed by atoms with Crippen LogP contribution in [0.1, 0.15) is 40.0 Å². The highest BCUT2D eigenvalue weighted by atomic mass is 16.5. The van der Waals surface area contributed by atoms with E-state index in [0.717, 1.165) is 19.4 Å². The molecule has 1 fully saturated rings. The molecule has 0 aliphatic heterocycles. The first-order valence-corrected chi connectivity index (χ1v) is 6.50. The fourth-order valence-electron chi connectivity index (χ4n) is 1.53. The maximum absolute atomic E-state index is 5.68. The van der Waals surface area contributed by atoms with Gasteiger partial charge in [-0.05, 0) is 40.0 Å². The molecule has 6 heteroatoms. The first-order chi connectivity index (χ1) is 8.67. The van der Waals surface area contributed by atoms with E-state index in [1.165, 1.54) is 6.42 Å². The van der Waals surface area contributed by atoms with Gasteiger partial charge in [0.25, 0.3) is 0 Å². The second kappa shape index (κ2) is 5.84. The number of ether oxygens (including phenoxy) is 2. The van der Waals surface area contributed by atoms with Crippen LogP contribution in [0.15, 0.2) is 0 Å². The molecule has 0 bridgehead atoms. The maximum Gasteiger partial charge on any atom is 0.324 e. The van der Waals surface area contributed by atoms with E-state index in [1.807, 2.05) is 20.8 Å². The minimum absolute atomic E-state index is 0.0263. The van der Waals surface area contributed by atoms with Crippen molar-refractivity contribution < 1.29 is 9.47 Å². The fourth-order valence-corrected chi connectivity index (χ4v) is 1.53. The summed E-state index contributed by atoms with van der Waals surface area (Å²) in [6.07, 6.45) is 3.63. The van der Waals surface area contributed by atoms with Gasteiger partial charge in [0.1, 0.15) is 6.10 Å². The number of nitrogens with zero attached hydrogens (tertiary/aromatic N) is 3. The van der Waals surface area contributed by atoms with Gasteiger partial charge in [-0.25, -0.2) is 0 Å². The van der Waals surface area contributed by atoms with Crippen molar-refractivity contribution in [2.45, 2.75) is 52.2 Å². The van der Waals surface area contributed by atoms with Gasteiger partial charge in [0.05, 0.1) is 6.10 Å². The van der Waals surface area contributed by atoms with Gasteiger partial charge in [-0.1, -0.05) is 0 Å². The Morgan fingerprint density at radius 1 is 1.22 bits per heavy atom. The lowest BCUT2D eigenvalue weighted by Gasteiger charge is -2.25. The van der Waals surface area contributed by atoms with E-state index in [0.29, 0.717) is 18.0 Å². The Kier molecular flexibility index (Phi) is 4.17. The van der Waals surface area contributed by atoms with E-state index in [1.54, 1.807) is 0 Å². The third-order valence-electron chi connectivity index (χ3n) is 2.59. The minimum Gasteiger partial charge on any atom is -0.461 e. The van der Waals surface area contributed by atoms with Gasteiger partial charge < -0.3 is 14.8 Å². The van der Waals surface area contributed by atoms with E-state index >= 15 is 0 Å². The smallest absolute Gasteiger partial charge is 0.324 e. The summed E-state index contributed by atoms with van der Waals surface area (Å²) in [6.45, 7) is 6.60. The predicted molar refractivity (Wildman–Crippen MR) is 68.0 cm³/mol. The number of anilines is 1. The average molecular weight is 252 g/mol. The van der Waals surface area contributed by atoms with Gasteiger partial charge in [0.15, 0.2) is 0 Å². The molecule has 0 aromatic carbocycles. The molecule has 1 aromatic heterocycles. The summed E-state index contributed by atoms with van der Waals surface area (Å²) < 4.78 is 11.2. The number of aromatic nitrogens is 3. The second-order valence-corrected chi connectivity index (χ2v) is 4.59. The molecular formula is C12H20N4O2. The van der Waals surface area contributed by atoms with Gasteiger partial charge in [-0.15, -0.1) is 4.98 Å². The van der Waals surface area contributed by atoms with Crippen LogP contribution >= 0.6 is 0 Å². The van der Waals surface area contributed by atoms with E-state index in [-0.39, 0.29) is 12.2 Å². The van der Waals surface area contributed by atoms with Crippen LogP contribution < -0.4 is 14.8 Å². The molecule has 1 aliphatic rings. The summed E-state index contributed by atoms with van der Waals surface area (Å²) in [5.74, 6) is 0.498. The lowest BCUT2D eigenvalue weighted by molar-refractivity contribution is 0.105. The fraction of sp³-hybridized carbons (Fsp3) is 0.750. The Hall–Kier alpha value is -1.59. The van der Waals surface area contributed by atoms with Crippen LogP contribution in [-0.4, -0.2) is 33.7 Å². The molecule has 1 N–H and O–H groups in total. The molecule has 0 amide bonds. The van der Waals surface area contributed by atoms with Crippen molar-refractivity contribution in [3.8, 4) is 12.0 Å². The molecule has 1 heterocycles. The highest BCUT2D eigenvalue weighted by molar-refractivity contribution is 5.27. The van der Waals surface area contributed by atoms with Crippen LogP contribution in [-0.2, 0) is 0 Å². The van der Waals surface area contributed by atoms with E-state index in [2.05, 4.69) is 20.3 Å². The zero-order valence-electron chi connectivity index (χ0n) is 11.1. The topological polar surface area (TPSA) is 69.2 Å². The number of rotatable bonds is 6. The van der Waals surface area contributed by atoms with Crippen molar-refractivity contribution in [3.63, 3.8) is 0 Å². The Labute approximate surface area is 107 Å². The molecule has 0 saturated heterocycles. The van der Waals surface area contributed by atoms with Crippen LogP contribution in [0.5, 0.6) is 12.0 Å². The number of hydrogen-bond acceptors (Lipinski definition) is 6. The standard InChI is InChI=1S/C12H20N4O2/c1-4-13-10-14-11(17-8(2)3)16-12(15-10)18-9-6-5-7-9/h8-9H,4-7H2,1-3H3,(H,13,14,15,16). The van der Waals surface area contributed by atoms with Crippen molar-refractivity contribution in [2.75, 3.05) is 11.9 Å².